The molecule has 0 fully saturated rings. The van der Waals surface area contributed by atoms with Crippen LogP contribution in [0.5, 0.6) is 5.75 Å². The Kier molecular flexibility index (Phi) is 7.63. The maximum atomic E-state index is 5.28. The normalized spacial score (nSPS) is 14.3. The summed E-state index contributed by atoms with van der Waals surface area (Å²) in [5.41, 5.74) is 1.35. The van der Waals surface area contributed by atoms with Gasteiger partial charge in [0.1, 0.15) is 5.75 Å². The molecule has 0 radical (unpaired) electrons. The van der Waals surface area contributed by atoms with E-state index >= 15 is 0 Å². The van der Waals surface area contributed by atoms with Gasteiger partial charge in [-0.1, -0.05) is 26.0 Å². The van der Waals surface area contributed by atoms with Gasteiger partial charge in [-0.2, -0.15) is 0 Å². The molecule has 1 aromatic rings. The molecule has 0 spiro atoms. The first-order valence-corrected chi connectivity index (χ1v) is 7.44. The lowest BCUT2D eigenvalue weighted by atomic mass is 10.0. The molecule has 0 bridgehead atoms. The summed E-state index contributed by atoms with van der Waals surface area (Å²) in [7, 11) is 3.46. The molecule has 1 aromatic carbocycles. The number of aryl methyl sites for hydroxylation is 1. The second kappa shape index (κ2) is 8.98. The van der Waals surface area contributed by atoms with E-state index in [-0.39, 0.29) is 0 Å². The van der Waals surface area contributed by atoms with Gasteiger partial charge in [0.05, 0.1) is 13.7 Å². The standard InChI is InChI=1S/C17H29NO2/c1-13(2)17(12-19-4)18-14(3)6-7-15-8-10-16(20-5)11-9-15/h8-11,13-14,17-18H,6-7,12H2,1-5H3. The third-order valence-electron chi connectivity index (χ3n) is 3.67. The number of benzene rings is 1. The highest BCUT2D eigenvalue weighted by molar-refractivity contribution is 5.27. The summed E-state index contributed by atoms with van der Waals surface area (Å²) in [6.45, 7) is 7.47. The molecule has 0 aliphatic carbocycles. The molecule has 0 aliphatic rings. The zero-order valence-corrected chi connectivity index (χ0v) is 13.5. The van der Waals surface area contributed by atoms with Crippen molar-refractivity contribution < 1.29 is 9.47 Å². The van der Waals surface area contributed by atoms with Gasteiger partial charge >= 0.3 is 0 Å². The third-order valence-corrected chi connectivity index (χ3v) is 3.67. The van der Waals surface area contributed by atoms with E-state index in [2.05, 4.69) is 38.2 Å². The summed E-state index contributed by atoms with van der Waals surface area (Å²) in [4.78, 5) is 0. The SMILES string of the molecule is COCC(NC(C)CCc1ccc(OC)cc1)C(C)C. The highest BCUT2D eigenvalue weighted by Gasteiger charge is 2.15. The van der Waals surface area contributed by atoms with Gasteiger partial charge in [0.2, 0.25) is 0 Å². The average Bonchev–Trinajstić information content (AvgIpc) is 2.45. The van der Waals surface area contributed by atoms with Gasteiger partial charge in [-0.05, 0) is 43.4 Å². The summed E-state index contributed by atoms with van der Waals surface area (Å²) in [6.07, 6.45) is 2.20. The Bertz CT molecular complexity index is 362. The van der Waals surface area contributed by atoms with Crippen LogP contribution in [0.25, 0.3) is 0 Å². The molecule has 2 atom stereocenters. The molecule has 0 aliphatic heterocycles. The molecule has 2 unspecified atom stereocenters. The molecule has 0 saturated carbocycles. The Morgan fingerprint density at radius 2 is 1.70 bits per heavy atom. The number of hydrogen-bond donors (Lipinski definition) is 1. The smallest absolute Gasteiger partial charge is 0.118 e. The van der Waals surface area contributed by atoms with Gasteiger partial charge in [-0.15, -0.1) is 0 Å². The van der Waals surface area contributed by atoms with Crippen LogP contribution < -0.4 is 10.1 Å². The fourth-order valence-electron chi connectivity index (χ4n) is 2.24. The Morgan fingerprint density at radius 1 is 1.05 bits per heavy atom. The van der Waals surface area contributed by atoms with E-state index in [1.165, 1.54) is 5.56 Å². The average molecular weight is 279 g/mol. The van der Waals surface area contributed by atoms with E-state index < -0.39 is 0 Å². The van der Waals surface area contributed by atoms with Gasteiger partial charge in [0.25, 0.3) is 0 Å². The van der Waals surface area contributed by atoms with Crippen molar-refractivity contribution in [3.63, 3.8) is 0 Å². The first-order chi connectivity index (χ1) is 9.56. The van der Waals surface area contributed by atoms with Crippen LogP contribution in [0.4, 0.5) is 0 Å². The van der Waals surface area contributed by atoms with Crippen LogP contribution in [-0.2, 0) is 11.2 Å². The van der Waals surface area contributed by atoms with Crippen molar-refractivity contribution in [2.24, 2.45) is 5.92 Å². The van der Waals surface area contributed by atoms with Crippen LogP contribution in [0, 0.1) is 5.92 Å². The molecule has 114 valence electrons. The first-order valence-electron chi connectivity index (χ1n) is 7.44. The highest BCUT2D eigenvalue weighted by Crippen LogP contribution is 2.13. The van der Waals surface area contributed by atoms with E-state index in [1.807, 2.05) is 12.1 Å². The number of methoxy groups -OCH3 is 2. The quantitative estimate of drug-likeness (QED) is 0.752. The molecule has 1 rings (SSSR count). The van der Waals surface area contributed by atoms with Crippen molar-refractivity contribution in [3.8, 4) is 5.75 Å². The summed E-state index contributed by atoms with van der Waals surface area (Å²) in [5.74, 6) is 1.50. The molecule has 1 N–H and O–H groups in total. The molecule has 0 aromatic heterocycles. The Hall–Kier alpha value is -1.06. The Labute approximate surface area is 123 Å². The fraction of sp³-hybridized carbons (Fsp3) is 0.647. The predicted octanol–water partition coefficient (Wildman–Crippen LogP) is 3.28. The second-order valence-corrected chi connectivity index (χ2v) is 5.76. The zero-order chi connectivity index (χ0) is 15.0. The lowest BCUT2D eigenvalue weighted by molar-refractivity contribution is 0.140. The van der Waals surface area contributed by atoms with E-state index in [1.54, 1.807) is 14.2 Å². The van der Waals surface area contributed by atoms with Crippen LogP contribution in [0.3, 0.4) is 0 Å². The second-order valence-electron chi connectivity index (χ2n) is 5.76. The fourth-order valence-corrected chi connectivity index (χ4v) is 2.24. The molecule has 0 amide bonds. The molecule has 3 nitrogen and oxygen atoms in total. The molecule has 0 saturated heterocycles. The van der Waals surface area contributed by atoms with Crippen molar-refractivity contribution in [2.45, 2.75) is 45.7 Å². The van der Waals surface area contributed by atoms with Crippen LogP contribution in [0.2, 0.25) is 0 Å². The van der Waals surface area contributed by atoms with Crippen molar-refractivity contribution in [3.05, 3.63) is 29.8 Å². The molecular weight excluding hydrogens is 250 g/mol. The number of rotatable bonds is 9. The molecule has 0 heterocycles. The summed E-state index contributed by atoms with van der Waals surface area (Å²) >= 11 is 0. The van der Waals surface area contributed by atoms with E-state index in [0.717, 1.165) is 25.2 Å². The monoisotopic (exact) mass is 279 g/mol. The third kappa shape index (κ3) is 5.93. The largest absolute Gasteiger partial charge is 0.497 e. The number of nitrogens with one attached hydrogen (secondary N) is 1. The van der Waals surface area contributed by atoms with Crippen LogP contribution >= 0.6 is 0 Å². The summed E-state index contributed by atoms with van der Waals surface area (Å²) in [5, 5.41) is 3.66. The van der Waals surface area contributed by atoms with Crippen LogP contribution in [-0.4, -0.2) is 32.9 Å². The minimum Gasteiger partial charge on any atom is -0.497 e. The van der Waals surface area contributed by atoms with E-state index in [9.17, 15) is 0 Å². The molecule has 20 heavy (non-hydrogen) atoms. The lowest BCUT2D eigenvalue weighted by Gasteiger charge is -2.26. The first kappa shape index (κ1) is 17.0. The van der Waals surface area contributed by atoms with Crippen molar-refractivity contribution in [1.82, 2.24) is 5.32 Å². The van der Waals surface area contributed by atoms with E-state index in [0.29, 0.717) is 18.0 Å². The number of ether oxygens (including phenoxy) is 2. The van der Waals surface area contributed by atoms with Gasteiger partial charge in [-0.3, -0.25) is 0 Å². The van der Waals surface area contributed by atoms with Crippen molar-refractivity contribution in [1.29, 1.82) is 0 Å². The predicted molar refractivity (Wildman–Crippen MR) is 84.4 cm³/mol. The van der Waals surface area contributed by atoms with Gasteiger partial charge < -0.3 is 14.8 Å². The van der Waals surface area contributed by atoms with Crippen molar-refractivity contribution >= 4 is 0 Å². The minimum absolute atomic E-state index is 0.422. The maximum absolute atomic E-state index is 5.28. The van der Waals surface area contributed by atoms with Gasteiger partial charge in [-0.25, -0.2) is 0 Å². The maximum Gasteiger partial charge on any atom is 0.118 e. The topological polar surface area (TPSA) is 30.5 Å². The molecule has 3 heteroatoms. The Morgan fingerprint density at radius 3 is 2.20 bits per heavy atom. The van der Waals surface area contributed by atoms with Gasteiger partial charge in [0.15, 0.2) is 0 Å². The van der Waals surface area contributed by atoms with E-state index in [4.69, 9.17) is 9.47 Å². The zero-order valence-electron chi connectivity index (χ0n) is 13.5. The molecular formula is C17H29NO2. The van der Waals surface area contributed by atoms with Crippen LogP contribution in [0.1, 0.15) is 32.8 Å². The van der Waals surface area contributed by atoms with Crippen molar-refractivity contribution in [2.75, 3.05) is 20.8 Å². The highest BCUT2D eigenvalue weighted by atomic mass is 16.5. The Balaban J connectivity index is 2.39. The summed E-state index contributed by atoms with van der Waals surface area (Å²) in [6, 6.07) is 9.23. The van der Waals surface area contributed by atoms with Crippen LogP contribution in [0.15, 0.2) is 24.3 Å². The minimum atomic E-state index is 0.422. The number of hydrogen-bond acceptors (Lipinski definition) is 3. The summed E-state index contributed by atoms with van der Waals surface area (Å²) < 4.78 is 10.5. The lowest BCUT2D eigenvalue weighted by Crippen LogP contribution is -2.43. The van der Waals surface area contributed by atoms with Gasteiger partial charge in [0, 0.05) is 19.2 Å².